The van der Waals surface area contributed by atoms with Gasteiger partial charge in [-0.25, -0.2) is 4.79 Å². The smallest absolute Gasteiger partial charge is 0.410 e. The zero-order chi connectivity index (χ0) is 22.6. The number of non-ortho nitro benzene ring substituents is 1. The molecule has 0 atom stereocenters. The fraction of sp³-hybridized carbons (Fsp3) is 0.348. The number of amides is 1. The summed E-state index contributed by atoms with van der Waals surface area (Å²) in [5.74, 6) is 0. The molecule has 0 radical (unpaired) electrons. The van der Waals surface area contributed by atoms with Crippen molar-refractivity contribution in [1.29, 1.82) is 0 Å². The molecule has 3 rings (SSSR count). The first-order chi connectivity index (χ1) is 14.6. The molecule has 1 amide bonds. The number of carbonyl (C=O) groups is 1. The van der Waals surface area contributed by atoms with Crippen molar-refractivity contribution in [2.75, 3.05) is 13.1 Å². The molecule has 0 aliphatic rings. The van der Waals surface area contributed by atoms with E-state index in [1.165, 1.54) is 6.07 Å². The van der Waals surface area contributed by atoms with Gasteiger partial charge in [0.1, 0.15) is 5.60 Å². The normalized spacial score (nSPS) is 11.5. The second kappa shape index (κ2) is 9.51. The molecule has 164 valence electrons. The van der Waals surface area contributed by atoms with Crippen LogP contribution in [0.4, 0.5) is 10.5 Å². The standard InChI is InChI=1S/C23H26BrN3O4/c1-23(2,3)31-22(28)26(12-10-17-4-7-19(24)8-5-17)15-14-25-13-11-18-6-9-20(27(29)30)16-21(18)25/h4-9,11,13,16H,10,12,14-15H2,1-3H3. The highest BCUT2D eigenvalue weighted by Crippen LogP contribution is 2.22. The first-order valence-electron chi connectivity index (χ1n) is 10.1. The van der Waals surface area contributed by atoms with Gasteiger partial charge in [-0.05, 0) is 57.0 Å². The number of nitro benzene ring substituents is 1. The average molecular weight is 488 g/mol. The van der Waals surface area contributed by atoms with Gasteiger partial charge in [0, 0.05) is 47.8 Å². The van der Waals surface area contributed by atoms with Crippen LogP contribution in [0, 0.1) is 10.1 Å². The van der Waals surface area contributed by atoms with Crippen molar-refractivity contribution >= 4 is 38.6 Å². The third-order valence-electron chi connectivity index (χ3n) is 4.81. The number of fused-ring (bicyclic) bond motifs is 1. The zero-order valence-electron chi connectivity index (χ0n) is 17.9. The van der Waals surface area contributed by atoms with Crippen LogP contribution in [0.25, 0.3) is 10.9 Å². The van der Waals surface area contributed by atoms with Crippen molar-refractivity contribution in [2.24, 2.45) is 0 Å². The molecule has 3 aromatic rings. The van der Waals surface area contributed by atoms with Gasteiger partial charge in [0.05, 0.1) is 10.4 Å². The second-order valence-electron chi connectivity index (χ2n) is 8.35. The molecule has 8 heteroatoms. The summed E-state index contributed by atoms with van der Waals surface area (Å²) in [7, 11) is 0. The first kappa shape index (κ1) is 22.8. The lowest BCUT2D eigenvalue weighted by atomic mass is 10.1. The Kier molecular flexibility index (Phi) is 7.00. The number of benzene rings is 2. The largest absolute Gasteiger partial charge is 0.444 e. The van der Waals surface area contributed by atoms with Gasteiger partial charge in [-0.15, -0.1) is 0 Å². The number of nitro groups is 1. The van der Waals surface area contributed by atoms with Crippen LogP contribution in [0.15, 0.2) is 59.2 Å². The van der Waals surface area contributed by atoms with Gasteiger partial charge in [-0.3, -0.25) is 10.1 Å². The van der Waals surface area contributed by atoms with Gasteiger partial charge in [-0.2, -0.15) is 0 Å². The van der Waals surface area contributed by atoms with E-state index in [0.29, 0.717) is 26.1 Å². The fourth-order valence-electron chi connectivity index (χ4n) is 3.25. The molecule has 0 aliphatic heterocycles. The SMILES string of the molecule is CC(C)(C)OC(=O)N(CCc1ccc(Br)cc1)CCn1ccc2ccc([N+](=O)[O-])cc21. The molecule has 0 bridgehead atoms. The van der Waals surface area contributed by atoms with E-state index in [1.54, 1.807) is 17.0 Å². The van der Waals surface area contributed by atoms with Gasteiger partial charge < -0.3 is 14.2 Å². The molecule has 31 heavy (non-hydrogen) atoms. The lowest BCUT2D eigenvalue weighted by Gasteiger charge is -2.27. The lowest BCUT2D eigenvalue weighted by molar-refractivity contribution is -0.384. The minimum atomic E-state index is -0.590. The van der Waals surface area contributed by atoms with Gasteiger partial charge in [0.25, 0.3) is 5.69 Å². The molecule has 0 saturated carbocycles. The van der Waals surface area contributed by atoms with Crippen molar-refractivity contribution in [2.45, 2.75) is 39.3 Å². The Labute approximate surface area is 189 Å². The number of hydrogen-bond acceptors (Lipinski definition) is 4. The molecule has 0 fully saturated rings. The van der Waals surface area contributed by atoms with E-state index >= 15 is 0 Å². The summed E-state index contributed by atoms with van der Waals surface area (Å²) in [5.41, 5.74) is 1.35. The van der Waals surface area contributed by atoms with E-state index in [9.17, 15) is 14.9 Å². The predicted octanol–water partition coefficient (Wildman–Crippen LogP) is 5.79. The number of nitrogens with zero attached hydrogens (tertiary/aromatic N) is 3. The summed E-state index contributed by atoms with van der Waals surface area (Å²) < 4.78 is 8.53. The third-order valence-corrected chi connectivity index (χ3v) is 5.34. The summed E-state index contributed by atoms with van der Waals surface area (Å²) in [6.07, 6.45) is 2.22. The van der Waals surface area contributed by atoms with Crippen LogP contribution in [0.5, 0.6) is 0 Å². The highest BCUT2D eigenvalue weighted by Gasteiger charge is 2.22. The van der Waals surface area contributed by atoms with Gasteiger partial charge in [0.15, 0.2) is 0 Å². The molecular formula is C23H26BrN3O4. The molecule has 0 spiro atoms. The maximum absolute atomic E-state index is 12.8. The summed E-state index contributed by atoms with van der Waals surface area (Å²) in [4.78, 5) is 25.2. The molecule has 0 saturated heterocycles. The Hall–Kier alpha value is -2.87. The zero-order valence-corrected chi connectivity index (χ0v) is 19.5. The summed E-state index contributed by atoms with van der Waals surface area (Å²) in [5, 5.41) is 12.1. The number of aromatic nitrogens is 1. The molecule has 0 unspecified atom stereocenters. The first-order valence-corrected chi connectivity index (χ1v) is 10.9. The summed E-state index contributed by atoms with van der Waals surface area (Å²) >= 11 is 3.43. The number of ether oxygens (including phenoxy) is 1. The van der Waals surface area contributed by atoms with Crippen LogP contribution in [0.3, 0.4) is 0 Å². The highest BCUT2D eigenvalue weighted by atomic mass is 79.9. The molecule has 2 aromatic carbocycles. The topological polar surface area (TPSA) is 77.6 Å². The Morgan fingerprint density at radius 2 is 1.84 bits per heavy atom. The van der Waals surface area contributed by atoms with Crippen LogP contribution in [-0.4, -0.2) is 39.2 Å². The Balaban J connectivity index is 1.75. The second-order valence-corrected chi connectivity index (χ2v) is 9.27. The lowest BCUT2D eigenvalue weighted by Crippen LogP contribution is -2.39. The monoisotopic (exact) mass is 487 g/mol. The molecule has 7 nitrogen and oxygen atoms in total. The predicted molar refractivity (Wildman–Crippen MR) is 124 cm³/mol. The highest BCUT2D eigenvalue weighted by molar-refractivity contribution is 9.10. The number of hydrogen-bond donors (Lipinski definition) is 0. The molecule has 1 aromatic heterocycles. The van der Waals surface area contributed by atoms with Crippen molar-refractivity contribution in [1.82, 2.24) is 9.47 Å². The quantitative estimate of drug-likeness (QED) is 0.312. The maximum Gasteiger partial charge on any atom is 0.410 e. The molecule has 0 N–H and O–H groups in total. The van der Waals surface area contributed by atoms with Crippen molar-refractivity contribution in [3.63, 3.8) is 0 Å². The molecular weight excluding hydrogens is 462 g/mol. The van der Waals surface area contributed by atoms with Crippen molar-refractivity contribution in [3.05, 3.63) is 74.9 Å². The van der Waals surface area contributed by atoms with Crippen LogP contribution in [0.1, 0.15) is 26.3 Å². The Morgan fingerprint density at radius 1 is 1.13 bits per heavy atom. The van der Waals surface area contributed by atoms with Crippen LogP contribution in [0.2, 0.25) is 0 Å². The van der Waals surface area contributed by atoms with Crippen LogP contribution in [-0.2, 0) is 17.7 Å². The van der Waals surface area contributed by atoms with E-state index in [-0.39, 0.29) is 11.8 Å². The van der Waals surface area contributed by atoms with Gasteiger partial charge in [-0.1, -0.05) is 28.1 Å². The fourth-order valence-corrected chi connectivity index (χ4v) is 3.51. The third kappa shape index (κ3) is 6.30. The number of carbonyl (C=O) groups excluding carboxylic acids is 1. The molecule has 1 heterocycles. The van der Waals surface area contributed by atoms with Gasteiger partial charge in [0.2, 0.25) is 0 Å². The van der Waals surface area contributed by atoms with Crippen molar-refractivity contribution < 1.29 is 14.5 Å². The number of halogens is 1. The minimum absolute atomic E-state index is 0.0479. The number of rotatable bonds is 7. The van der Waals surface area contributed by atoms with E-state index in [1.807, 2.05) is 61.9 Å². The molecule has 0 aliphatic carbocycles. The van der Waals surface area contributed by atoms with E-state index in [4.69, 9.17) is 4.74 Å². The van der Waals surface area contributed by atoms with Crippen LogP contribution < -0.4 is 0 Å². The Morgan fingerprint density at radius 3 is 2.48 bits per heavy atom. The average Bonchev–Trinajstić information content (AvgIpc) is 3.10. The summed E-state index contributed by atoms with van der Waals surface area (Å²) in [6, 6.07) is 14.7. The summed E-state index contributed by atoms with van der Waals surface area (Å²) in [6.45, 7) is 6.97. The van der Waals surface area contributed by atoms with E-state index < -0.39 is 10.5 Å². The van der Waals surface area contributed by atoms with E-state index in [0.717, 1.165) is 20.9 Å². The maximum atomic E-state index is 12.8. The van der Waals surface area contributed by atoms with Crippen LogP contribution >= 0.6 is 15.9 Å². The van der Waals surface area contributed by atoms with Crippen molar-refractivity contribution in [3.8, 4) is 0 Å². The van der Waals surface area contributed by atoms with E-state index in [2.05, 4.69) is 15.9 Å². The van der Waals surface area contributed by atoms with Gasteiger partial charge >= 0.3 is 6.09 Å². The minimum Gasteiger partial charge on any atom is -0.444 e. The Bertz CT molecular complexity index is 1070.